The van der Waals surface area contributed by atoms with Gasteiger partial charge in [0.05, 0.1) is 29.6 Å². The number of hydrogen-bond acceptors (Lipinski definition) is 7. The van der Waals surface area contributed by atoms with Crippen LogP contribution in [0, 0.1) is 5.82 Å². The van der Waals surface area contributed by atoms with E-state index in [1.165, 1.54) is 46.6 Å². The van der Waals surface area contributed by atoms with E-state index in [-0.39, 0.29) is 12.2 Å². The fourth-order valence-corrected chi connectivity index (χ4v) is 4.49. The van der Waals surface area contributed by atoms with Crippen LogP contribution in [0.25, 0.3) is 5.69 Å². The van der Waals surface area contributed by atoms with Gasteiger partial charge in [-0.25, -0.2) is 14.2 Å². The minimum absolute atomic E-state index is 0.00454. The molecule has 10 nitrogen and oxygen atoms in total. The summed E-state index contributed by atoms with van der Waals surface area (Å²) in [6, 6.07) is 4.83. The summed E-state index contributed by atoms with van der Waals surface area (Å²) in [5.74, 6) is -1.23. The minimum Gasteiger partial charge on any atom is -0.347 e. The molecule has 4 amide bonds. The smallest absolute Gasteiger partial charge is 0.322 e. The quantitative estimate of drug-likeness (QED) is 0.493. The van der Waals surface area contributed by atoms with Gasteiger partial charge in [0.2, 0.25) is 0 Å². The van der Waals surface area contributed by atoms with Crippen LogP contribution in [0.15, 0.2) is 36.0 Å². The molecule has 0 spiro atoms. The number of hydrogen-bond donors (Lipinski definition) is 3. The zero-order chi connectivity index (χ0) is 21.6. The highest BCUT2D eigenvalue weighted by Gasteiger charge is 2.52. The van der Waals surface area contributed by atoms with E-state index in [2.05, 4.69) is 31.1 Å². The number of nitrogens with zero attached hydrogens (tertiary/aromatic N) is 4. The maximum Gasteiger partial charge on any atom is 0.322 e. The van der Waals surface area contributed by atoms with Crippen LogP contribution < -0.4 is 16.0 Å². The zero-order valence-electron chi connectivity index (χ0n) is 16.0. The number of nitrogens with one attached hydrogen (secondary N) is 3. The number of rotatable bonds is 6. The van der Waals surface area contributed by atoms with Crippen LogP contribution in [0.4, 0.5) is 9.18 Å². The van der Waals surface area contributed by atoms with Gasteiger partial charge in [-0.2, -0.15) is 9.90 Å². The first-order chi connectivity index (χ1) is 15.0. The Balaban J connectivity index is 1.37. The average Bonchev–Trinajstić information content (AvgIpc) is 3.15. The number of carbonyl (C=O) groups is 3. The first kappa shape index (κ1) is 19.3. The fourth-order valence-electron chi connectivity index (χ4n) is 3.45. The Morgan fingerprint density at radius 3 is 2.74 bits per heavy atom. The normalized spacial score (nSPS) is 20.4. The van der Waals surface area contributed by atoms with Gasteiger partial charge in [0.1, 0.15) is 5.82 Å². The van der Waals surface area contributed by atoms with Gasteiger partial charge in [-0.3, -0.25) is 14.9 Å². The number of thiazole rings is 1. The van der Waals surface area contributed by atoms with Gasteiger partial charge < -0.3 is 10.6 Å². The van der Waals surface area contributed by atoms with Crippen molar-refractivity contribution in [1.29, 1.82) is 0 Å². The highest BCUT2D eigenvalue weighted by Crippen LogP contribution is 2.46. The van der Waals surface area contributed by atoms with Gasteiger partial charge in [0.15, 0.2) is 11.2 Å². The molecule has 0 unspecified atom stereocenters. The Bertz CT molecular complexity index is 1190. The second-order valence-corrected chi connectivity index (χ2v) is 8.22. The van der Waals surface area contributed by atoms with E-state index in [0.717, 1.165) is 17.7 Å². The molecular formula is C19H16FN7O3S. The Labute approximate surface area is 178 Å². The topological polar surface area (TPSA) is 131 Å². The molecule has 5 rings (SSSR count). The van der Waals surface area contributed by atoms with Crippen molar-refractivity contribution in [2.45, 2.75) is 24.3 Å². The molecule has 31 heavy (non-hydrogen) atoms. The minimum atomic E-state index is -1.49. The van der Waals surface area contributed by atoms with Crippen LogP contribution in [0.1, 0.15) is 39.8 Å². The van der Waals surface area contributed by atoms with E-state index >= 15 is 0 Å². The average molecular weight is 441 g/mol. The van der Waals surface area contributed by atoms with Crippen LogP contribution in [0.5, 0.6) is 0 Å². The monoisotopic (exact) mass is 441 g/mol. The van der Waals surface area contributed by atoms with Gasteiger partial charge >= 0.3 is 6.03 Å². The van der Waals surface area contributed by atoms with Crippen LogP contribution in [-0.2, 0) is 10.3 Å². The van der Waals surface area contributed by atoms with E-state index in [4.69, 9.17) is 0 Å². The molecule has 2 fully saturated rings. The summed E-state index contributed by atoms with van der Waals surface area (Å²) < 4.78 is 13.1. The highest BCUT2D eigenvalue weighted by molar-refractivity contribution is 7.09. The van der Waals surface area contributed by atoms with Crippen molar-refractivity contribution in [3.05, 3.63) is 58.1 Å². The lowest BCUT2D eigenvalue weighted by Crippen LogP contribution is -2.53. The molecule has 1 aliphatic heterocycles. The van der Waals surface area contributed by atoms with Crippen molar-refractivity contribution < 1.29 is 18.8 Å². The molecule has 1 saturated carbocycles. The zero-order valence-corrected chi connectivity index (χ0v) is 16.8. The number of carbonyl (C=O) groups excluding carboxylic acids is 3. The predicted octanol–water partition coefficient (Wildman–Crippen LogP) is 1.20. The molecule has 3 N–H and O–H groups in total. The molecule has 3 aromatic rings. The van der Waals surface area contributed by atoms with E-state index in [0.29, 0.717) is 17.3 Å². The van der Waals surface area contributed by atoms with E-state index in [1.807, 2.05) is 0 Å². The van der Waals surface area contributed by atoms with E-state index < -0.39 is 29.2 Å². The Hall–Kier alpha value is -3.67. The third-order valence-electron chi connectivity index (χ3n) is 5.19. The molecule has 2 aromatic heterocycles. The van der Waals surface area contributed by atoms with Crippen molar-refractivity contribution in [2.75, 3.05) is 6.54 Å². The highest BCUT2D eigenvalue weighted by atomic mass is 32.1. The standard InChI is InChI=1S/C19H16FN7O3S/c20-11-3-5-12(6-4-11)27-23-7-13(26-27)16(28)21-8-19(17(29)24-18(30)25-19)15-14(10-1-2-10)31-9-22-15/h3-7,9-10H,1-2,8H2,(H,21,28)(H2,24,25,29,30)/t19-/m1/s1. The first-order valence-corrected chi connectivity index (χ1v) is 10.4. The summed E-state index contributed by atoms with van der Waals surface area (Å²) in [7, 11) is 0. The molecule has 1 aromatic carbocycles. The molecule has 1 aliphatic carbocycles. The lowest BCUT2D eigenvalue weighted by Gasteiger charge is -2.25. The van der Waals surface area contributed by atoms with Crippen molar-refractivity contribution in [3.8, 4) is 5.69 Å². The number of aromatic nitrogens is 4. The van der Waals surface area contributed by atoms with Gasteiger partial charge in [-0.05, 0) is 43.0 Å². The van der Waals surface area contributed by atoms with Gasteiger partial charge in [-0.1, -0.05) is 0 Å². The van der Waals surface area contributed by atoms with Crippen LogP contribution in [-0.4, -0.2) is 44.4 Å². The van der Waals surface area contributed by atoms with Crippen LogP contribution in [0.3, 0.4) is 0 Å². The molecule has 2 aliphatic rings. The number of halogens is 1. The molecule has 3 heterocycles. The number of imide groups is 1. The molecule has 0 bridgehead atoms. The Morgan fingerprint density at radius 1 is 1.29 bits per heavy atom. The molecule has 158 valence electrons. The Kier molecular flexibility index (Phi) is 4.50. The molecule has 1 saturated heterocycles. The maximum absolute atomic E-state index is 13.1. The summed E-state index contributed by atoms with van der Waals surface area (Å²) >= 11 is 1.43. The second-order valence-electron chi connectivity index (χ2n) is 7.33. The Morgan fingerprint density at radius 2 is 2.06 bits per heavy atom. The van der Waals surface area contributed by atoms with Crippen molar-refractivity contribution in [2.24, 2.45) is 0 Å². The van der Waals surface area contributed by atoms with Crippen molar-refractivity contribution in [1.82, 2.24) is 35.9 Å². The summed E-state index contributed by atoms with van der Waals surface area (Å²) in [6.07, 6.45) is 3.26. The lowest BCUT2D eigenvalue weighted by atomic mass is 9.93. The first-order valence-electron chi connectivity index (χ1n) is 9.50. The fraction of sp³-hybridized carbons (Fsp3) is 0.263. The summed E-state index contributed by atoms with van der Waals surface area (Å²) in [6.45, 7) is -0.198. The predicted molar refractivity (Wildman–Crippen MR) is 106 cm³/mol. The summed E-state index contributed by atoms with van der Waals surface area (Å²) in [5.41, 5.74) is 1.09. The number of benzene rings is 1. The van der Waals surface area contributed by atoms with Crippen LogP contribution in [0.2, 0.25) is 0 Å². The summed E-state index contributed by atoms with van der Waals surface area (Å²) in [4.78, 5) is 43.8. The summed E-state index contributed by atoms with van der Waals surface area (Å²) in [5, 5.41) is 15.7. The molecular weight excluding hydrogens is 425 g/mol. The molecule has 12 heteroatoms. The SMILES string of the molecule is O=C1NC(=O)[C@@](CNC(=O)c2cnn(-c3ccc(F)cc3)n2)(c2ncsc2C2CC2)N1. The third kappa shape index (κ3) is 3.44. The van der Waals surface area contributed by atoms with Gasteiger partial charge in [0, 0.05) is 4.88 Å². The largest absolute Gasteiger partial charge is 0.347 e. The third-order valence-corrected chi connectivity index (χ3v) is 6.18. The van der Waals surface area contributed by atoms with E-state index in [1.54, 1.807) is 5.51 Å². The van der Waals surface area contributed by atoms with Crippen LogP contribution >= 0.6 is 11.3 Å². The number of urea groups is 1. The number of amides is 4. The van der Waals surface area contributed by atoms with E-state index in [9.17, 15) is 18.8 Å². The second kappa shape index (κ2) is 7.23. The lowest BCUT2D eigenvalue weighted by molar-refractivity contribution is -0.124. The van der Waals surface area contributed by atoms with Gasteiger partial charge in [-0.15, -0.1) is 16.4 Å². The molecule has 0 radical (unpaired) electrons. The van der Waals surface area contributed by atoms with Gasteiger partial charge in [0.25, 0.3) is 11.8 Å². The van der Waals surface area contributed by atoms with Crippen molar-refractivity contribution in [3.63, 3.8) is 0 Å². The van der Waals surface area contributed by atoms with Crippen molar-refractivity contribution >= 4 is 29.2 Å². The maximum atomic E-state index is 13.1. The molecule has 1 atom stereocenters.